The molecule has 0 atom stereocenters. The smallest absolute Gasteiger partial charge is 0.123 e. The Balaban J connectivity index is 2.90. The zero-order valence-electron chi connectivity index (χ0n) is 10.7. The van der Waals surface area contributed by atoms with Gasteiger partial charge in [0.25, 0.3) is 0 Å². The molecule has 90 valence electrons. The SMILES string of the molecule is Cc1ccc(C(C)(C)C)c(OCCCS)c1. The standard InChI is InChI=1S/C14H22OS/c1-11-6-7-12(14(2,3)4)13(10-11)15-8-5-9-16/h6-7,10,16H,5,8-9H2,1-4H3. The first-order valence-corrected chi connectivity index (χ1v) is 6.43. The molecule has 1 aromatic carbocycles. The van der Waals surface area contributed by atoms with Gasteiger partial charge in [-0.05, 0) is 41.7 Å². The Morgan fingerprint density at radius 1 is 1.25 bits per heavy atom. The molecule has 1 aromatic rings. The predicted octanol–water partition coefficient (Wildman–Crippen LogP) is 3.99. The normalized spacial score (nSPS) is 11.6. The third kappa shape index (κ3) is 3.75. The van der Waals surface area contributed by atoms with Crippen LogP contribution in [0.15, 0.2) is 18.2 Å². The van der Waals surface area contributed by atoms with Crippen LogP contribution in [0.25, 0.3) is 0 Å². The van der Waals surface area contributed by atoms with E-state index < -0.39 is 0 Å². The van der Waals surface area contributed by atoms with Crippen LogP contribution in [-0.4, -0.2) is 12.4 Å². The predicted molar refractivity (Wildman–Crippen MR) is 73.8 cm³/mol. The maximum absolute atomic E-state index is 5.84. The number of aryl methyl sites for hydroxylation is 1. The molecule has 0 radical (unpaired) electrons. The second-order valence-corrected chi connectivity index (χ2v) is 5.62. The molecule has 1 rings (SSSR count). The highest BCUT2D eigenvalue weighted by Crippen LogP contribution is 2.32. The Labute approximate surface area is 105 Å². The maximum atomic E-state index is 5.84. The minimum Gasteiger partial charge on any atom is -0.493 e. The Morgan fingerprint density at radius 2 is 1.94 bits per heavy atom. The molecular weight excluding hydrogens is 216 g/mol. The van der Waals surface area contributed by atoms with Crippen molar-refractivity contribution in [2.24, 2.45) is 0 Å². The van der Waals surface area contributed by atoms with E-state index in [9.17, 15) is 0 Å². The van der Waals surface area contributed by atoms with Gasteiger partial charge in [-0.25, -0.2) is 0 Å². The molecule has 1 nitrogen and oxygen atoms in total. The van der Waals surface area contributed by atoms with Crippen molar-refractivity contribution in [2.45, 2.75) is 39.5 Å². The van der Waals surface area contributed by atoms with Gasteiger partial charge in [0.15, 0.2) is 0 Å². The zero-order chi connectivity index (χ0) is 12.2. The summed E-state index contributed by atoms with van der Waals surface area (Å²) in [7, 11) is 0. The quantitative estimate of drug-likeness (QED) is 0.616. The van der Waals surface area contributed by atoms with Gasteiger partial charge in [0.2, 0.25) is 0 Å². The lowest BCUT2D eigenvalue weighted by Crippen LogP contribution is -2.14. The van der Waals surface area contributed by atoms with Crippen LogP contribution in [0.4, 0.5) is 0 Å². The van der Waals surface area contributed by atoms with E-state index in [2.05, 4.69) is 58.5 Å². The van der Waals surface area contributed by atoms with Crippen molar-refractivity contribution in [1.29, 1.82) is 0 Å². The summed E-state index contributed by atoms with van der Waals surface area (Å²) in [6.45, 7) is 9.48. The molecule has 0 bridgehead atoms. The average Bonchev–Trinajstić information content (AvgIpc) is 2.16. The van der Waals surface area contributed by atoms with Crippen molar-refractivity contribution >= 4 is 12.6 Å². The maximum Gasteiger partial charge on any atom is 0.123 e. The van der Waals surface area contributed by atoms with Gasteiger partial charge in [-0.15, -0.1) is 0 Å². The van der Waals surface area contributed by atoms with Gasteiger partial charge in [-0.2, -0.15) is 12.6 Å². The van der Waals surface area contributed by atoms with E-state index in [-0.39, 0.29) is 5.41 Å². The lowest BCUT2D eigenvalue weighted by Gasteiger charge is -2.23. The van der Waals surface area contributed by atoms with Crippen LogP contribution >= 0.6 is 12.6 Å². The van der Waals surface area contributed by atoms with Crippen molar-refractivity contribution < 1.29 is 4.74 Å². The van der Waals surface area contributed by atoms with Crippen LogP contribution in [0.5, 0.6) is 5.75 Å². The summed E-state index contributed by atoms with van der Waals surface area (Å²) in [6, 6.07) is 6.44. The first-order chi connectivity index (χ1) is 7.45. The second kappa shape index (κ2) is 5.62. The third-order valence-electron chi connectivity index (χ3n) is 2.51. The number of hydrogen-bond donors (Lipinski definition) is 1. The number of rotatable bonds is 4. The topological polar surface area (TPSA) is 9.23 Å². The van der Waals surface area contributed by atoms with Gasteiger partial charge in [-0.3, -0.25) is 0 Å². The van der Waals surface area contributed by atoms with Crippen LogP contribution < -0.4 is 4.74 Å². The minimum absolute atomic E-state index is 0.129. The van der Waals surface area contributed by atoms with E-state index in [0.29, 0.717) is 0 Å². The summed E-state index contributed by atoms with van der Waals surface area (Å²) < 4.78 is 5.84. The van der Waals surface area contributed by atoms with Gasteiger partial charge in [0.1, 0.15) is 5.75 Å². The monoisotopic (exact) mass is 238 g/mol. The summed E-state index contributed by atoms with van der Waals surface area (Å²) in [5.74, 6) is 1.89. The van der Waals surface area contributed by atoms with E-state index in [1.165, 1.54) is 11.1 Å². The van der Waals surface area contributed by atoms with Crippen LogP contribution in [0, 0.1) is 6.92 Å². The molecule has 0 spiro atoms. The first-order valence-electron chi connectivity index (χ1n) is 5.80. The van der Waals surface area contributed by atoms with E-state index in [1.807, 2.05) is 0 Å². The minimum atomic E-state index is 0.129. The third-order valence-corrected chi connectivity index (χ3v) is 2.82. The highest BCUT2D eigenvalue weighted by molar-refractivity contribution is 7.80. The molecule has 2 heteroatoms. The van der Waals surface area contributed by atoms with Crippen molar-refractivity contribution in [3.8, 4) is 5.75 Å². The summed E-state index contributed by atoms with van der Waals surface area (Å²) in [5.41, 5.74) is 2.65. The number of hydrogen-bond acceptors (Lipinski definition) is 2. The summed E-state index contributed by atoms with van der Waals surface area (Å²) in [4.78, 5) is 0. The van der Waals surface area contributed by atoms with Gasteiger partial charge in [0, 0.05) is 0 Å². The summed E-state index contributed by atoms with van der Waals surface area (Å²) >= 11 is 4.19. The lowest BCUT2D eigenvalue weighted by molar-refractivity contribution is 0.310. The van der Waals surface area contributed by atoms with Crippen molar-refractivity contribution in [1.82, 2.24) is 0 Å². The number of thiol groups is 1. The first kappa shape index (κ1) is 13.4. The highest BCUT2D eigenvalue weighted by Gasteiger charge is 2.18. The van der Waals surface area contributed by atoms with Crippen LogP contribution in [0.1, 0.15) is 38.3 Å². The van der Waals surface area contributed by atoms with Crippen molar-refractivity contribution in [2.75, 3.05) is 12.4 Å². The average molecular weight is 238 g/mol. The molecule has 0 saturated carbocycles. The summed E-state index contributed by atoms with van der Waals surface area (Å²) in [6.07, 6.45) is 0.987. The van der Waals surface area contributed by atoms with Crippen molar-refractivity contribution in [3.63, 3.8) is 0 Å². The molecule has 0 unspecified atom stereocenters. The largest absolute Gasteiger partial charge is 0.493 e. The second-order valence-electron chi connectivity index (χ2n) is 5.18. The molecule has 0 aliphatic heterocycles. The molecule has 0 aliphatic carbocycles. The Hall–Kier alpha value is -0.630. The molecule has 0 aromatic heterocycles. The lowest BCUT2D eigenvalue weighted by atomic mass is 9.86. The number of ether oxygens (including phenoxy) is 1. The van der Waals surface area contributed by atoms with Gasteiger partial charge >= 0.3 is 0 Å². The van der Waals surface area contributed by atoms with E-state index in [1.54, 1.807) is 0 Å². The van der Waals surface area contributed by atoms with E-state index in [0.717, 1.165) is 24.5 Å². The van der Waals surface area contributed by atoms with Crippen LogP contribution in [0.3, 0.4) is 0 Å². The molecule has 0 aliphatic rings. The van der Waals surface area contributed by atoms with E-state index >= 15 is 0 Å². The van der Waals surface area contributed by atoms with Gasteiger partial charge in [-0.1, -0.05) is 32.9 Å². The fraction of sp³-hybridized carbons (Fsp3) is 0.571. The molecule has 0 amide bonds. The van der Waals surface area contributed by atoms with Gasteiger partial charge < -0.3 is 4.74 Å². The fourth-order valence-electron chi connectivity index (χ4n) is 1.62. The van der Waals surface area contributed by atoms with Crippen LogP contribution in [0.2, 0.25) is 0 Å². The Bertz CT molecular complexity index is 339. The summed E-state index contributed by atoms with van der Waals surface area (Å²) in [5, 5.41) is 0. The fourth-order valence-corrected chi connectivity index (χ4v) is 1.74. The Kier molecular flexibility index (Phi) is 4.72. The Morgan fingerprint density at radius 3 is 2.50 bits per heavy atom. The molecule has 16 heavy (non-hydrogen) atoms. The van der Waals surface area contributed by atoms with Crippen LogP contribution in [-0.2, 0) is 5.41 Å². The molecule has 0 fully saturated rings. The van der Waals surface area contributed by atoms with Gasteiger partial charge in [0.05, 0.1) is 6.61 Å². The molecular formula is C14H22OS. The highest BCUT2D eigenvalue weighted by atomic mass is 32.1. The zero-order valence-corrected chi connectivity index (χ0v) is 11.6. The van der Waals surface area contributed by atoms with E-state index in [4.69, 9.17) is 4.74 Å². The molecule has 0 N–H and O–H groups in total. The number of benzene rings is 1. The molecule has 0 heterocycles. The van der Waals surface area contributed by atoms with Crippen molar-refractivity contribution in [3.05, 3.63) is 29.3 Å². The molecule has 0 saturated heterocycles.